The summed E-state index contributed by atoms with van der Waals surface area (Å²) in [6.45, 7) is 0. The number of amides is 1. The van der Waals surface area contributed by atoms with Crippen LogP contribution in [0.15, 0.2) is 65.7 Å². The van der Waals surface area contributed by atoms with Crippen molar-refractivity contribution in [2.75, 3.05) is 12.4 Å². The largest absolute Gasteiger partial charge is 0.495 e. The number of nitrogens with zero attached hydrogens (tertiary/aromatic N) is 2. The molecule has 1 amide bonds. The minimum Gasteiger partial charge on any atom is -0.495 e. The number of carbonyl (C=O) groups is 1. The van der Waals surface area contributed by atoms with E-state index in [1.54, 1.807) is 16.9 Å². The number of carbonyl (C=O) groups excluding carboxylic acids is 1. The van der Waals surface area contributed by atoms with Crippen LogP contribution in [-0.2, 0) is 10.0 Å². The van der Waals surface area contributed by atoms with Crippen LogP contribution in [0.5, 0.6) is 5.75 Å². The Morgan fingerprint density at radius 1 is 1.10 bits per heavy atom. The van der Waals surface area contributed by atoms with Gasteiger partial charge in [-0.25, -0.2) is 17.8 Å². The number of rotatable bonds is 7. The molecule has 0 spiro atoms. The molecule has 0 saturated heterocycles. The average molecular weight is 441 g/mol. The molecule has 1 aliphatic rings. The maximum Gasteiger partial charge on any atom is 0.256 e. The van der Waals surface area contributed by atoms with Gasteiger partial charge in [-0.2, -0.15) is 5.10 Å². The number of aromatic nitrogens is 2. The lowest BCUT2D eigenvalue weighted by Gasteiger charge is -2.15. The molecule has 9 heteroatoms. The van der Waals surface area contributed by atoms with E-state index in [0.717, 1.165) is 31.4 Å². The number of ether oxygens (including phenoxy) is 1. The molecule has 0 aliphatic heterocycles. The molecule has 1 fully saturated rings. The summed E-state index contributed by atoms with van der Waals surface area (Å²) in [4.78, 5) is 12.7. The Morgan fingerprint density at radius 3 is 2.55 bits per heavy atom. The second-order valence-electron chi connectivity index (χ2n) is 7.40. The summed E-state index contributed by atoms with van der Waals surface area (Å²) in [5.74, 6) is 0.0897. The minimum atomic E-state index is -3.82. The van der Waals surface area contributed by atoms with Crippen LogP contribution in [-0.4, -0.2) is 37.3 Å². The molecule has 1 aromatic heterocycles. The highest BCUT2D eigenvalue weighted by molar-refractivity contribution is 7.89. The van der Waals surface area contributed by atoms with Gasteiger partial charge in [-0.1, -0.05) is 31.0 Å². The standard InChI is InChI=1S/C22H24N4O4S/c1-30-19-12-11-16(15-20(19)31(28,29)25-17-7-5-6-8-17)22(27)23-21-13-14-26(24-21)18-9-3-2-4-10-18/h2-4,9-15,17,25H,5-8H2,1H3,(H,23,24,27). The van der Waals surface area contributed by atoms with E-state index >= 15 is 0 Å². The summed E-state index contributed by atoms with van der Waals surface area (Å²) in [6.07, 6.45) is 5.36. The van der Waals surface area contributed by atoms with Crippen molar-refractivity contribution in [2.24, 2.45) is 0 Å². The highest BCUT2D eigenvalue weighted by atomic mass is 32.2. The molecule has 3 aromatic rings. The van der Waals surface area contributed by atoms with E-state index in [0.29, 0.717) is 5.82 Å². The number of hydrogen-bond donors (Lipinski definition) is 2. The molecule has 8 nitrogen and oxygen atoms in total. The molecule has 31 heavy (non-hydrogen) atoms. The van der Waals surface area contributed by atoms with Gasteiger partial charge in [-0.05, 0) is 43.2 Å². The number of anilines is 1. The van der Waals surface area contributed by atoms with Crippen LogP contribution in [0.3, 0.4) is 0 Å². The van der Waals surface area contributed by atoms with Crippen molar-refractivity contribution in [3.05, 3.63) is 66.4 Å². The van der Waals surface area contributed by atoms with Crippen molar-refractivity contribution in [3.8, 4) is 11.4 Å². The molecule has 0 atom stereocenters. The first-order valence-electron chi connectivity index (χ1n) is 10.1. The molecule has 2 aromatic carbocycles. The smallest absolute Gasteiger partial charge is 0.256 e. The maximum atomic E-state index is 12.9. The van der Waals surface area contributed by atoms with E-state index in [1.165, 1.54) is 25.3 Å². The number of methoxy groups -OCH3 is 1. The van der Waals surface area contributed by atoms with Gasteiger partial charge in [-0.3, -0.25) is 4.79 Å². The van der Waals surface area contributed by atoms with Crippen molar-refractivity contribution in [2.45, 2.75) is 36.6 Å². The van der Waals surface area contributed by atoms with Crippen LogP contribution in [0.4, 0.5) is 5.82 Å². The topological polar surface area (TPSA) is 102 Å². The zero-order valence-corrected chi connectivity index (χ0v) is 17.9. The molecule has 1 saturated carbocycles. The van der Waals surface area contributed by atoms with Crippen molar-refractivity contribution in [1.29, 1.82) is 0 Å². The van der Waals surface area contributed by atoms with Crippen molar-refractivity contribution in [1.82, 2.24) is 14.5 Å². The van der Waals surface area contributed by atoms with Gasteiger partial charge in [-0.15, -0.1) is 0 Å². The highest BCUT2D eigenvalue weighted by Gasteiger charge is 2.26. The van der Waals surface area contributed by atoms with E-state index in [2.05, 4.69) is 15.1 Å². The van der Waals surface area contributed by atoms with Crippen LogP contribution in [0.1, 0.15) is 36.0 Å². The first kappa shape index (κ1) is 21.1. The lowest BCUT2D eigenvalue weighted by Crippen LogP contribution is -2.33. The SMILES string of the molecule is COc1ccc(C(=O)Nc2ccn(-c3ccccc3)n2)cc1S(=O)(=O)NC1CCCC1. The number of hydrogen-bond acceptors (Lipinski definition) is 5. The maximum absolute atomic E-state index is 12.9. The normalized spacial score (nSPS) is 14.5. The van der Waals surface area contributed by atoms with Crippen LogP contribution in [0.2, 0.25) is 0 Å². The van der Waals surface area contributed by atoms with Gasteiger partial charge in [0, 0.05) is 23.9 Å². The molecule has 0 unspecified atom stereocenters. The Labute approximate surface area is 181 Å². The highest BCUT2D eigenvalue weighted by Crippen LogP contribution is 2.27. The fraction of sp³-hybridized carbons (Fsp3) is 0.273. The third-order valence-corrected chi connectivity index (χ3v) is 6.79. The third kappa shape index (κ3) is 4.78. The Kier molecular flexibility index (Phi) is 6.06. The zero-order chi connectivity index (χ0) is 21.8. The Hall–Kier alpha value is -3.17. The first-order chi connectivity index (χ1) is 15.0. The average Bonchev–Trinajstić information content (AvgIpc) is 3.46. The molecule has 4 rings (SSSR count). The Balaban J connectivity index is 1.55. The summed E-state index contributed by atoms with van der Waals surface area (Å²) in [7, 11) is -2.42. The molecule has 162 valence electrons. The van der Waals surface area contributed by atoms with Crippen LogP contribution >= 0.6 is 0 Å². The second kappa shape index (κ2) is 8.91. The molecule has 0 bridgehead atoms. The molecule has 2 N–H and O–H groups in total. The predicted octanol–water partition coefficient (Wildman–Crippen LogP) is 3.35. The number of nitrogens with one attached hydrogen (secondary N) is 2. The second-order valence-corrected chi connectivity index (χ2v) is 9.09. The summed E-state index contributed by atoms with van der Waals surface area (Å²) in [5, 5.41) is 7.06. The molecular formula is C22H24N4O4S. The number of benzene rings is 2. The lowest BCUT2D eigenvalue weighted by atomic mass is 10.2. The molecule has 0 radical (unpaired) electrons. The van der Waals surface area contributed by atoms with Gasteiger partial charge in [0.1, 0.15) is 10.6 Å². The van der Waals surface area contributed by atoms with Gasteiger partial charge in [0.2, 0.25) is 10.0 Å². The minimum absolute atomic E-state index is 0.0515. The van der Waals surface area contributed by atoms with Gasteiger partial charge in [0.25, 0.3) is 5.91 Å². The predicted molar refractivity (Wildman–Crippen MR) is 117 cm³/mol. The van der Waals surface area contributed by atoms with Crippen molar-refractivity contribution in [3.63, 3.8) is 0 Å². The Bertz CT molecular complexity index is 1170. The summed E-state index contributed by atoms with van der Waals surface area (Å²) >= 11 is 0. The lowest BCUT2D eigenvalue weighted by molar-refractivity contribution is 0.102. The monoisotopic (exact) mass is 440 g/mol. The molecule has 1 heterocycles. The van der Waals surface area contributed by atoms with Gasteiger partial charge in [0.05, 0.1) is 12.8 Å². The van der Waals surface area contributed by atoms with Gasteiger partial charge < -0.3 is 10.1 Å². The number of sulfonamides is 1. The summed E-state index contributed by atoms with van der Waals surface area (Å²) in [5.41, 5.74) is 1.06. The zero-order valence-electron chi connectivity index (χ0n) is 17.1. The number of para-hydroxylation sites is 1. The Morgan fingerprint density at radius 2 is 1.84 bits per heavy atom. The van der Waals surface area contributed by atoms with Crippen molar-refractivity contribution < 1.29 is 17.9 Å². The third-order valence-electron chi connectivity index (χ3n) is 5.24. The van der Waals surface area contributed by atoms with Crippen molar-refractivity contribution >= 4 is 21.7 Å². The summed E-state index contributed by atoms with van der Waals surface area (Å²) < 4.78 is 35.5. The van der Waals surface area contributed by atoms with E-state index in [4.69, 9.17) is 4.74 Å². The van der Waals surface area contributed by atoms with E-state index < -0.39 is 15.9 Å². The van der Waals surface area contributed by atoms with Crippen LogP contribution in [0.25, 0.3) is 5.69 Å². The fourth-order valence-electron chi connectivity index (χ4n) is 3.66. The molecule has 1 aliphatic carbocycles. The van der Waals surface area contributed by atoms with Crippen LogP contribution in [0, 0.1) is 0 Å². The van der Waals surface area contributed by atoms with E-state index in [-0.39, 0.29) is 22.3 Å². The quantitative estimate of drug-likeness (QED) is 0.587. The van der Waals surface area contributed by atoms with Crippen LogP contribution < -0.4 is 14.8 Å². The summed E-state index contributed by atoms with van der Waals surface area (Å²) in [6, 6.07) is 15.4. The van der Waals surface area contributed by atoms with E-state index in [9.17, 15) is 13.2 Å². The van der Waals surface area contributed by atoms with Gasteiger partial charge >= 0.3 is 0 Å². The molecular weight excluding hydrogens is 416 g/mol. The van der Waals surface area contributed by atoms with Gasteiger partial charge in [0.15, 0.2) is 5.82 Å². The first-order valence-corrected chi connectivity index (χ1v) is 11.6. The van der Waals surface area contributed by atoms with E-state index in [1.807, 2.05) is 30.3 Å². The fourth-order valence-corrected chi connectivity index (χ4v) is 5.16.